The third kappa shape index (κ3) is 2.74. The van der Waals surface area contributed by atoms with Gasteiger partial charge in [-0.3, -0.25) is 0 Å². The molecule has 7 aromatic rings. The zero-order valence-electron chi connectivity index (χ0n) is 21.5. The second kappa shape index (κ2) is 6.73. The lowest BCUT2D eigenvalue weighted by Crippen LogP contribution is -2.29. The van der Waals surface area contributed by atoms with Gasteiger partial charge in [-0.05, 0) is 71.3 Å². The molecule has 35 heavy (non-hydrogen) atoms. The molecule has 2 nitrogen and oxygen atoms in total. The molecule has 0 bridgehead atoms. The summed E-state index contributed by atoms with van der Waals surface area (Å²) >= 11 is 0. The summed E-state index contributed by atoms with van der Waals surface area (Å²) in [5.74, 6) is 0. The summed E-state index contributed by atoms with van der Waals surface area (Å²) in [6.45, 7) is 11.5. The van der Waals surface area contributed by atoms with Crippen LogP contribution in [0.2, 0.25) is 0 Å². The minimum Gasteiger partial charge on any atom is -0.307 e. The molecule has 7 rings (SSSR count). The van der Waals surface area contributed by atoms with Gasteiger partial charge in [0.15, 0.2) is 6.20 Å². The second-order valence-corrected chi connectivity index (χ2v) is 11.7. The molecule has 0 fully saturated rings. The molecule has 0 amide bonds. The first-order valence-electron chi connectivity index (χ1n) is 12.6. The summed E-state index contributed by atoms with van der Waals surface area (Å²) in [6, 6.07) is 23.1. The zero-order valence-corrected chi connectivity index (χ0v) is 21.5. The largest absolute Gasteiger partial charge is 0.307 e. The molecule has 0 aliphatic rings. The van der Waals surface area contributed by atoms with Crippen LogP contribution in [0.1, 0.15) is 37.5 Å². The van der Waals surface area contributed by atoms with E-state index in [-0.39, 0.29) is 5.41 Å². The summed E-state index contributed by atoms with van der Waals surface area (Å²) in [7, 11) is 2.20. The Labute approximate surface area is 205 Å². The Hall–Kier alpha value is -3.65. The summed E-state index contributed by atoms with van der Waals surface area (Å²) in [5, 5.41) is 9.43. The van der Waals surface area contributed by atoms with Crippen molar-refractivity contribution >= 4 is 59.8 Å². The quantitative estimate of drug-likeness (QED) is 0.134. The number of hydrogen-bond acceptors (Lipinski definition) is 0. The van der Waals surface area contributed by atoms with Crippen LogP contribution < -0.4 is 4.57 Å². The van der Waals surface area contributed by atoms with E-state index in [1.165, 1.54) is 76.5 Å². The summed E-state index contributed by atoms with van der Waals surface area (Å²) in [5.41, 5.74) is 9.65. The normalized spacial score (nSPS) is 13.0. The van der Waals surface area contributed by atoms with Crippen molar-refractivity contribution < 1.29 is 4.57 Å². The Kier molecular flexibility index (Phi) is 3.98. The van der Waals surface area contributed by atoms with Gasteiger partial charge in [-0.25, -0.2) is 4.57 Å². The maximum atomic E-state index is 2.53. The van der Waals surface area contributed by atoms with E-state index in [2.05, 4.69) is 117 Å². The molecule has 172 valence electrons. The SMILES string of the molecule is Cc1cc2c3ccccc3n3c4cc5ccc(CC(C)(C)C)cc5c5cc[n+](C)c(c(c1C)c23)c54. The molecule has 3 aromatic heterocycles. The van der Waals surface area contributed by atoms with Crippen LogP contribution in [-0.4, -0.2) is 4.40 Å². The van der Waals surface area contributed by atoms with E-state index in [0.717, 1.165) is 6.42 Å². The highest BCUT2D eigenvalue weighted by molar-refractivity contribution is 6.29. The predicted octanol–water partition coefficient (Wildman–Crippen LogP) is 8.17. The van der Waals surface area contributed by atoms with Crippen LogP contribution in [0.25, 0.3) is 59.8 Å². The number of aryl methyl sites for hydroxylation is 3. The van der Waals surface area contributed by atoms with Gasteiger partial charge in [-0.1, -0.05) is 57.2 Å². The van der Waals surface area contributed by atoms with Gasteiger partial charge in [0, 0.05) is 22.2 Å². The highest BCUT2D eigenvalue weighted by atomic mass is 15.0. The topological polar surface area (TPSA) is 8.29 Å². The molecule has 0 radical (unpaired) electrons. The van der Waals surface area contributed by atoms with E-state index in [9.17, 15) is 0 Å². The molecule has 4 aromatic carbocycles. The molecule has 3 heterocycles. The van der Waals surface area contributed by atoms with Gasteiger partial charge in [0.1, 0.15) is 7.05 Å². The lowest BCUT2D eigenvalue weighted by Gasteiger charge is -2.19. The smallest absolute Gasteiger partial charge is 0.224 e. The zero-order chi connectivity index (χ0) is 24.2. The van der Waals surface area contributed by atoms with Crippen LogP contribution in [0.4, 0.5) is 0 Å². The van der Waals surface area contributed by atoms with Crippen molar-refractivity contribution in [2.75, 3.05) is 0 Å². The van der Waals surface area contributed by atoms with Crippen LogP contribution in [0.5, 0.6) is 0 Å². The van der Waals surface area contributed by atoms with Gasteiger partial charge in [0.2, 0.25) is 5.52 Å². The molecule has 2 heteroatoms. The van der Waals surface area contributed by atoms with Gasteiger partial charge in [0.05, 0.1) is 27.3 Å². The van der Waals surface area contributed by atoms with Crippen molar-refractivity contribution in [2.45, 2.75) is 41.0 Å². The fourth-order valence-corrected chi connectivity index (χ4v) is 6.41. The Morgan fingerprint density at radius 1 is 0.771 bits per heavy atom. The Morgan fingerprint density at radius 3 is 2.37 bits per heavy atom. The van der Waals surface area contributed by atoms with Crippen LogP contribution in [0.3, 0.4) is 0 Å². The number of fused-ring (bicyclic) bond motifs is 7. The number of pyridine rings is 2. The molecule has 0 saturated heterocycles. The first-order valence-corrected chi connectivity index (χ1v) is 12.6. The summed E-state index contributed by atoms with van der Waals surface area (Å²) < 4.78 is 4.86. The monoisotopic (exact) mass is 455 g/mol. The number of benzene rings is 4. The van der Waals surface area contributed by atoms with Crippen molar-refractivity contribution in [1.82, 2.24) is 4.40 Å². The third-order valence-electron chi connectivity index (χ3n) is 7.97. The van der Waals surface area contributed by atoms with Crippen molar-refractivity contribution in [3.05, 3.63) is 83.6 Å². The number of para-hydroxylation sites is 1. The van der Waals surface area contributed by atoms with Crippen molar-refractivity contribution in [3.63, 3.8) is 0 Å². The maximum absolute atomic E-state index is 2.53. The van der Waals surface area contributed by atoms with E-state index in [4.69, 9.17) is 0 Å². The standard InChI is InChI=1S/C33H31N2/c1-19-15-26-23-9-7-8-10-27(23)35-28-17-22-12-11-21(18-33(3,4)5)16-25(22)24-13-14-34(6)32(30(24)28)29(20(19)2)31(26)35/h7-17H,18H2,1-6H3/q+1. The van der Waals surface area contributed by atoms with Crippen LogP contribution >= 0.6 is 0 Å². The predicted molar refractivity (Wildman–Crippen MR) is 150 cm³/mol. The minimum atomic E-state index is 0.260. The Morgan fingerprint density at radius 2 is 1.57 bits per heavy atom. The van der Waals surface area contributed by atoms with Gasteiger partial charge in [-0.2, -0.15) is 0 Å². The average molecular weight is 456 g/mol. The number of rotatable bonds is 1. The number of nitrogens with zero attached hydrogens (tertiary/aromatic N) is 2. The Balaban J connectivity index is 1.80. The van der Waals surface area contributed by atoms with Crippen molar-refractivity contribution in [1.29, 1.82) is 0 Å². The van der Waals surface area contributed by atoms with E-state index in [1.807, 2.05) is 0 Å². The molecule has 0 spiro atoms. The average Bonchev–Trinajstić information content (AvgIpc) is 3.13. The van der Waals surface area contributed by atoms with Crippen LogP contribution in [0, 0.1) is 19.3 Å². The lowest BCUT2D eigenvalue weighted by atomic mass is 9.87. The minimum absolute atomic E-state index is 0.260. The van der Waals surface area contributed by atoms with Crippen LogP contribution in [-0.2, 0) is 13.5 Å². The van der Waals surface area contributed by atoms with E-state index < -0.39 is 0 Å². The van der Waals surface area contributed by atoms with E-state index in [0.29, 0.717) is 0 Å². The lowest BCUT2D eigenvalue weighted by molar-refractivity contribution is -0.643. The highest BCUT2D eigenvalue weighted by Gasteiger charge is 2.25. The summed E-state index contributed by atoms with van der Waals surface area (Å²) in [4.78, 5) is 0. The van der Waals surface area contributed by atoms with Gasteiger partial charge in [-0.15, -0.1) is 0 Å². The molecule has 0 aliphatic heterocycles. The molecule has 0 atom stereocenters. The summed E-state index contributed by atoms with van der Waals surface area (Å²) in [6.07, 6.45) is 3.33. The van der Waals surface area contributed by atoms with E-state index in [1.54, 1.807) is 0 Å². The first-order chi connectivity index (χ1) is 16.7. The maximum Gasteiger partial charge on any atom is 0.224 e. The number of aromatic nitrogens is 2. The van der Waals surface area contributed by atoms with Crippen molar-refractivity contribution in [2.24, 2.45) is 12.5 Å². The number of hydrogen-bond donors (Lipinski definition) is 0. The van der Waals surface area contributed by atoms with Crippen molar-refractivity contribution in [3.8, 4) is 0 Å². The molecule has 0 aliphatic carbocycles. The fourth-order valence-electron chi connectivity index (χ4n) is 6.41. The molecule has 0 N–H and O–H groups in total. The van der Waals surface area contributed by atoms with E-state index >= 15 is 0 Å². The molecule has 0 unspecified atom stereocenters. The highest BCUT2D eigenvalue weighted by Crippen LogP contribution is 2.43. The van der Waals surface area contributed by atoms with Gasteiger partial charge < -0.3 is 4.40 Å². The van der Waals surface area contributed by atoms with Crippen LogP contribution in [0.15, 0.2) is 66.9 Å². The van der Waals surface area contributed by atoms with Gasteiger partial charge >= 0.3 is 0 Å². The fraction of sp³-hybridized carbons (Fsp3) is 0.242. The Bertz CT molecular complexity index is 1980. The second-order valence-electron chi connectivity index (χ2n) is 11.7. The molecular weight excluding hydrogens is 424 g/mol. The third-order valence-corrected chi connectivity index (χ3v) is 7.97. The van der Waals surface area contributed by atoms with Gasteiger partial charge in [0.25, 0.3) is 0 Å². The molecule has 0 saturated carbocycles. The molecular formula is C33H31N2+. The first kappa shape index (κ1) is 20.7.